The number of aromatic carboxylic acids is 2. The van der Waals surface area contributed by atoms with Crippen LogP contribution in [-0.2, 0) is 0 Å². The summed E-state index contributed by atoms with van der Waals surface area (Å²) in [6.07, 6.45) is 2.73. The second-order valence-corrected chi connectivity index (χ2v) is 4.81. The summed E-state index contributed by atoms with van der Waals surface area (Å²) in [6.45, 7) is 0. The Bertz CT molecular complexity index is 818. The zero-order valence-electron chi connectivity index (χ0n) is 12.7. The minimum absolute atomic E-state index is 0.00194. The molecule has 0 bridgehead atoms. The van der Waals surface area contributed by atoms with Crippen LogP contribution in [0.15, 0.2) is 48.5 Å². The summed E-state index contributed by atoms with van der Waals surface area (Å²) in [5.74, 6) is -2.37. The molecule has 2 aromatic rings. The lowest BCUT2D eigenvalue weighted by Gasteiger charge is -2.08. The highest BCUT2D eigenvalue weighted by Crippen LogP contribution is 2.25. The van der Waals surface area contributed by atoms with E-state index in [9.17, 15) is 14.4 Å². The second kappa shape index (κ2) is 7.23. The van der Waals surface area contributed by atoms with Gasteiger partial charge in [-0.1, -0.05) is 24.3 Å². The number of carbonyl (C=O) groups is 3. The van der Waals surface area contributed by atoms with Crippen LogP contribution in [0.1, 0.15) is 36.6 Å². The third kappa shape index (κ3) is 3.67. The van der Waals surface area contributed by atoms with Gasteiger partial charge in [-0.25, -0.2) is 9.59 Å². The van der Waals surface area contributed by atoms with Crippen LogP contribution in [0, 0.1) is 0 Å². The number of carbonyl (C=O) groups excluding carboxylic acids is 1. The summed E-state index contributed by atoms with van der Waals surface area (Å²) in [5.41, 5.74) is 0.863. The van der Waals surface area contributed by atoms with Crippen LogP contribution in [0.5, 0.6) is 5.75 Å². The van der Waals surface area contributed by atoms with E-state index < -0.39 is 11.9 Å². The largest absolute Gasteiger partial charge is 0.495 e. The number of ketones is 1. The number of para-hydroxylation sites is 1. The van der Waals surface area contributed by atoms with Gasteiger partial charge in [-0.05, 0) is 30.4 Å². The van der Waals surface area contributed by atoms with Crippen LogP contribution in [-0.4, -0.2) is 35.0 Å². The quantitative estimate of drug-likeness (QED) is 0.625. The van der Waals surface area contributed by atoms with E-state index in [0.717, 1.165) is 0 Å². The van der Waals surface area contributed by atoms with Gasteiger partial charge >= 0.3 is 11.9 Å². The molecule has 0 aliphatic rings. The molecule has 6 heteroatoms. The SMILES string of the molecule is COc1c(C=CC(=O)c2ccc(C(=O)O)cc2)cccc1C(=O)O. The number of ether oxygens (including phenoxy) is 1. The van der Waals surface area contributed by atoms with Gasteiger partial charge in [0, 0.05) is 11.1 Å². The maximum Gasteiger partial charge on any atom is 0.339 e. The van der Waals surface area contributed by atoms with Crippen LogP contribution < -0.4 is 4.74 Å². The van der Waals surface area contributed by atoms with Gasteiger partial charge in [0.1, 0.15) is 11.3 Å². The van der Waals surface area contributed by atoms with Gasteiger partial charge in [0.2, 0.25) is 0 Å². The van der Waals surface area contributed by atoms with E-state index in [0.29, 0.717) is 11.1 Å². The Morgan fingerprint density at radius 3 is 2.08 bits per heavy atom. The van der Waals surface area contributed by atoms with Crippen molar-refractivity contribution in [3.8, 4) is 5.75 Å². The highest BCUT2D eigenvalue weighted by Gasteiger charge is 2.13. The predicted molar refractivity (Wildman–Crippen MR) is 86.7 cm³/mol. The molecule has 0 atom stereocenters. The summed E-state index contributed by atoms with van der Waals surface area (Å²) in [5, 5.41) is 18.0. The molecule has 0 radical (unpaired) electrons. The molecule has 0 aliphatic carbocycles. The monoisotopic (exact) mass is 326 g/mol. The molecule has 0 aliphatic heterocycles. The first-order valence-electron chi connectivity index (χ1n) is 6.90. The molecular weight excluding hydrogens is 312 g/mol. The van der Waals surface area contributed by atoms with Crippen molar-refractivity contribution in [2.24, 2.45) is 0 Å². The number of carboxylic acids is 2. The average Bonchev–Trinajstić information content (AvgIpc) is 2.59. The van der Waals surface area contributed by atoms with Crippen molar-refractivity contribution in [3.05, 3.63) is 70.8 Å². The first-order chi connectivity index (χ1) is 11.4. The smallest absolute Gasteiger partial charge is 0.339 e. The third-order valence-electron chi connectivity index (χ3n) is 3.31. The van der Waals surface area contributed by atoms with Crippen LogP contribution in [0.25, 0.3) is 6.08 Å². The molecular formula is C18H14O6. The number of methoxy groups -OCH3 is 1. The Balaban J connectivity index is 2.27. The predicted octanol–water partition coefficient (Wildman–Crippen LogP) is 2.99. The molecule has 24 heavy (non-hydrogen) atoms. The number of rotatable bonds is 6. The van der Waals surface area contributed by atoms with Crippen molar-refractivity contribution in [1.29, 1.82) is 0 Å². The lowest BCUT2D eigenvalue weighted by atomic mass is 10.0. The summed E-state index contributed by atoms with van der Waals surface area (Å²) in [7, 11) is 1.35. The number of benzene rings is 2. The molecule has 2 aromatic carbocycles. The topological polar surface area (TPSA) is 101 Å². The van der Waals surface area contributed by atoms with E-state index in [-0.39, 0.29) is 22.7 Å². The van der Waals surface area contributed by atoms with Gasteiger partial charge in [0.05, 0.1) is 12.7 Å². The Kier molecular flexibility index (Phi) is 5.11. The Morgan fingerprint density at radius 2 is 1.54 bits per heavy atom. The van der Waals surface area contributed by atoms with E-state index in [1.54, 1.807) is 12.1 Å². The molecule has 122 valence electrons. The maximum absolute atomic E-state index is 12.1. The second-order valence-electron chi connectivity index (χ2n) is 4.81. The van der Waals surface area contributed by atoms with E-state index in [4.69, 9.17) is 14.9 Å². The van der Waals surface area contributed by atoms with E-state index in [2.05, 4.69) is 0 Å². The van der Waals surface area contributed by atoms with E-state index in [1.165, 1.54) is 49.6 Å². The van der Waals surface area contributed by atoms with Gasteiger partial charge in [-0.2, -0.15) is 0 Å². The van der Waals surface area contributed by atoms with Crippen molar-refractivity contribution in [1.82, 2.24) is 0 Å². The number of allylic oxidation sites excluding steroid dienone is 1. The first kappa shape index (κ1) is 17.0. The fraction of sp³-hybridized carbons (Fsp3) is 0.0556. The summed E-state index contributed by atoms with van der Waals surface area (Å²) >= 11 is 0. The molecule has 2 rings (SSSR count). The Morgan fingerprint density at radius 1 is 0.917 bits per heavy atom. The summed E-state index contributed by atoms with van der Waals surface area (Å²) < 4.78 is 5.11. The minimum Gasteiger partial charge on any atom is -0.495 e. The van der Waals surface area contributed by atoms with Crippen molar-refractivity contribution in [3.63, 3.8) is 0 Å². The lowest BCUT2D eigenvalue weighted by Crippen LogP contribution is -2.02. The zero-order chi connectivity index (χ0) is 17.7. The van der Waals surface area contributed by atoms with Gasteiger partial charge in [-0.15, -0.1) is 0 Å². The maximum atomic E-state index is 12.1. The Labute approximate surface area is 137 Å². The van der Waals surface area contributed by atoms with Gasteiger partial charge in [-0.3, -0.25) is 4.79 Å². The average molecular weight is 326 g/mol. The molecule has 0 fully saturated rings. The van der Waals surface area contributed by atoms with Crippen molar-refractivity contribution < 1.29 is 29.3 Å². The zero-order valence-corrected chi connectivity index (χ0v) is 12.7. The highest BCUT2D eigenvalue weighted by atomic mass is 16.5. The minimum atomic E-state index is -1.13. The van der Waals surface area contributed by atoms with E-state index in [1.807, 2.05) is 0 Å². The summed E-state index contributed by atoms with van der Waals surface area (Å²) in [4.78, 5) is 34.1. The Hall–Kier alpha value is -3.41. The fourth-order valence-corrected chi connectivity index (χ4v) is 2.12. The van der Waals surface area contributed by atoms with E-state index >= 15 is 0 Å². The number of hydrogen-bond donors (Lipinski definition) is 2. The van der Waals surface area contributed by atoms with Crippen LogP contribution in [0.4, 0.5) is 0 Å². The van der Waals surface area contributed by atoms with Crippen LogP contribution in [0.2, 0.25) is 0 Å². The van der Waals surface area contributed by atoms with Crippen LogP contribution >= 0.6 is 0 Å². The van der Waals surface area contributed by atoms with Crippen LogP contribution in [0.3, 0.4) is 0 Å². The fourth-order valence-electron chi connectivity index (χ4n) is 2.12. The highest BCUT2D eigenvalue weighted by molar-refractivity contribution is 6.07. The molecule has 0 aromatic heterocycles. The molecule has 0 saturated carbocycles. The molecule has 0 heterocycles. The number of carboxylic acid groups (broad SMARTS) is 2. The van der Waals surface area contributed by atoms with Crippen molar-refractivity contribution in [2.45, 2.75) is 0 Å². The molecule has 0 unspecified atom stereocenters. The van der Waals surface area contributed by atoms with Gasteiger partial charge in [0.25, 0.3) is 0 Å². The molecule has 6 nitrogen and oxygen atoms in total. The van der Waals surface area contributed by atoms with Gasteiger partial charge in [0.15, 0.2) is 5.78 Å². The first-order valence-corrected chi connectivity index (χ1v) is 6.90. The molecule has 0 amide bonds. The standard InChI is InChI=1S/C18H14O6/c1-24-16-12(3-2-4-14(16)18(22)23)9-10-15(19)11-5-7-13(8-6-11)17(20)21/h2-10H,1H3,(H,20,21)(H,22,23). The van der Waals surface area contributed by atoms with Crippen molar-refractivity contribution in [2.75, 3.05) is 7.11 Å². The third-order valence-corrected chi connectivity index (χ3v) is 3.31. The number of hydrogen-bond acceptors (Lipinski definition) is 4. The van der Waals surface area contributed by atoms with Crippen molar-refractivity contribution >= 4 is 23.8 Å². The lowest BCUT2D eigenvalue weighted by molar-refractivity contribution is 0.0684. The summed E-state index contributed by atoms with van der Waals surface area (Å²) in [6, 6.07) is 10.1. The normalized spacial score (nSPS) is 10.5. The molecule has 2 N–H and O–H groups in total. The molecule has 0 saturated heterocycles. The molecule has 0 spiro atoms. The van der Waals surface area contributed by atoms with Gasteiger partial charge < -0.3 is 14.9 Å².